The number of ether oxygens (including phenoxy) is 1. The van der Waals surface area contributed by atoms with Crippen LogP contribution in [0.25, 0.3) is 6.08 Å². The average molecular weight is 518 g/mol. The highest BCUT2D eigenvalue weighted by Crippen LogP contribution is 2.33. The van der Waals surface area contributed by atoms with E-state index in [4.69, 9.17) is 17.0 Å². The molecule has 2 aromatic rings. The molecule has 0 aromatic heterocycles. The van der Waals surface area contributed by atoms with Gasteiger partial charge in [0, 0.05) is 23.4 Å². The number of nitrogens with one attached hydrogen (secondary N) is 1. The summed E-state index contributed by atoms with van der Waals surface area (Å²) in [7, 11) is 0. The highest BCUT2D eigenvalue weighted by atomic mass is 35.5. The van der Waals surface area contributed by atoms with E-state index in [1.54, 1.807) is 30.3 Å². The Morgan fingerprint density at radius 3 is 2.57 bits per heavy atom. The lowest BCUT2D eigenvalue weighted by Crippen LogP contribution is -3.00. The van der Waals surface area contributed by atoms with Crippen molar-refractivity contribution in [3.8, 4) is 5.75 Å². The number of piperazine rings is 1. The Morgan fingerprint density at radius 2 is 1.89 bits per heavy atom. The molecule has 0 unspecified atom stereocenters. The molecule has 184 valence electrons. The molecule has 35 heavy (non-hydrogen) atoms. The second kappa shape index (κ2) is 11.3. The third-order valence-corrected chi connectivity index (χ3v) is 5.86. The van der Waals surface area contributed by atoms with E-state index in [-0.39, 0.29) is 28.8 Å². The number of thiocarbonyl (C=S) groups is 1. The van der Waals surface area contributed by atoms with E-state index in [0.29, 0.717) is 23.6 Å². The molecule has 2 fully saturated rings. The van der Waals surface area contributed by atoms with Crippen LogP contribution in [-0.4, -0.2) is 54.6 Å². The van der Waals surface area contributed by atoms with Crippen LogP contribution in [0.2, 0.25) is 0 Å². The molecule has 12 heteroatoms. The van der Waals surface area contributed by atoms with Gasteiger partial charge in [-0.15, -0.1) is 0 Å². The first-order valence-electron chi connectivity index (χ1n) is 10.9. The maximum atomic E-state index is 13.5. The van der Waals surface area contributed by atoms with E-state index in [2.05, 4.69) is 15.5 Å². The minimum atomic E-state index is -0.662. The molecular weight excluding hydrogens is 494 g/mol. The standard InChI is InChI=1S/C23H23N5O5S.ClH/c1-2-33-20-6-4-3-5-19(20)27-22(30)17(21(29)25-23(27)34)14-15-13-16(28(31)32)7-8-18(15)26-11-9-24-10-12-26;/h3-8,13-14,24H,2,9-12H2,1H3,(H,25,29,34);1H/b17-14-;. The third kappa shape index (κ3) is 5.42. The Bertz CT molecular complexity index is 1200. The highest BCUT2D eigenvalue weighted by Gasteiger charge is 2.36. The fourth-order valence-electron chi connectivity index (χ4n) is 4.00. The molecule has 0 spiro atoms. The number of nitro groups is 1. The number of quaternary nitrogens is 1. The lowest BCUT2D eigenvalue weighted by Gasteiger charge is -2.31. The number of hydrogen-bond acceptors (Lipinski definition) is 7. The normalized spacial score (nSPS) is 17.2. The maximum absolute atomic E-state index is 13.5. The van der Waals surface area contributed by atoms with Crippen molar-refractivity contribution in [3.63, 3.8) is 0 Å². The van der Waals surface area contributed by atoms with Gasteiger partial charge in [-0.1, -0.05) is 12.1 Å². The first-order valence-corrected chi connectivity index (χ1v) is 11.3. The van der Waals surface area contributed by atoms with Gasteiger partial charge in [0.25, 0.3) is 17.5 Å². The van der Waals surface area contributed by atoms with E-state index in [9.17, 15) is 19.7 Å². The summed E-state index contributed by atoms with van der Waals surface area (Å²) in [6.45, 7) is 5.44. The zero-order valence-electron chi connectivity index (χ0n) is 18.9. The van der Waals surface area contributed by atoms with Crippen LogP contribution in [0.3, 0.4) is 0 Å². The van der Waals surface area contributed by atoms with E-state index in [1.807, 2.05) is 6.92 Å². The SMILES string of the molecule is CCOc1ccccc1N1C(=O)/C(=C\c2cc([N+](=O)[O-])ccc2N2CC[NH2+]CC2)C(=O)NC1=S.[Cl-]. The molecule has 0 saturated carbocycles. The number of para-hydroxylation sites is 2. The Balaban J connectivity index is 0.00000342. The number of rotatable bonds is 6. The number of non-ortho nitro benzene ring substituents is 1. The molecular formula is C23H24ClN5O5S. The summed E-state index contributed by atoms with van der Waals surface area (Å²) in [6.07, 6.45) is 1.40. The van der Waals surface area contributed by atoms with Gasteiger partial charge >= 0.3 is 0 Å². The lowest BCUT2D eigenvalue weighted by molar-refractivity contribution is -0.655. The van der Waals surface area contributed by atoms with Crippen molar-refractivity contribution in [2.45, 2.75) is 6.92 Å². The molecule has 2 aliphatic rings. The largest absolute Gasteiger partial charge is 1.00 e. The van der Waals surface area contributed by atoms with Crippen molar-refractivity contribution in [3.05, 3.63) is 63.7 Å². The number of nitro benzene ring substituents is 1. The van der Waals surface area contributed by atoms with Crippen molar-refractivity contribution in [1.82, 2.24) is 5.32 Å². The third-order valence-electron chi connectivity index (χ3n) is 5.58. The number of benzene rings is 2. The summed E-state index contributed by atoms with van der Waals surface area (Å²) in [4.78, 5) is 40.6. The number of carbonyl (C=O) groups is 2. The van der Waals surface area contributed by atoms with Crippen LogP contribution in [0.15, 0.2) is 48.0 Å². The smallest absolute Gasteiger partial charge is 0.270 e. The molecule has 2 amide bonds. The van der Waals surface area contributed by atoms with Gasteiger partial charge < -0.3 is 27.4 Å². The van der Waals surface area contributed by atoms with Crippen LogP contribution in [-0.2, 0) is 9.59 Å². The molecule has 2 aromatic carbocycles. The number of anilines is 2. The summed E-state index contributed by atoms with van der Waals surface area (Å²) in [6, 6.07) is 11.4. The molecule has 3 N–H and O–H groups in total. The van der Waals surface area contributed by atoms with Gasteiger partial charge in [-0.05, 0) is 43.4 Å². The second-order valence-electron chi connectivity index (χ2n) is 7.71. The molecule has 0 bridgehead atoms. The molecule has 0 aliphatic carbocycles. The van der Waals surface area contributed by atoms with E-state index < -0.39 is 16.7 Å². The Kier molecular flexibility index (Phi) is 8.39. The topological polar surface area (TPSA) is 122 Å². The van der Waals surface area contributed by atoms with Gasteiger partial charge in [0.1, 0.15) is 11.3 Å². The van der Waals surface area contributed by atoms with Crippen LogP contribution in [0.4, 0.5) is 17.1 Å². The Hall–Kier alpha value is -3.54. The quantitative estimate of drug-likeness (QED) is 0.153. The predicted octanol–water partition coefficient (Wildman–Crippen LogP) is -1.79. The highest BCUT2D eigenvalue weighted by molar-refractivity contribution is 7.80. The van der Waals surface area contributed by atoms with E-state index in [0.717, 1.165) is 31.9 Å². The van der Waals surface area contributed by atoms with E-state index in [1.165, 1.54) is 23.1 Å². The van der Waals surface area contributed by atoms with Crippen LogP contribution in [0.1, 0.15) is 12.5 Å². The van der Waals surface area contributed by atoms with Gasteiger partial charge in [-0.3, -0.25) is 25.0 Å². The van der Waals surface area contributed by atoms with Gasteiger partial charge in [0.15, 0.2) is 5.11 Å². The summed E-state index contributed by atoms with van der Waals surface area (Å²) >= 11 is 5.30. The van der Waals surface area contributed by atoms with Crippen LogP contribution < -0.4 is 37.6 Å². The number of carbonyl (C=O) groups excluding carboxylic acids is 2. The molecule has 0 radical (unpaired) electrons. The number of halogens is 1. The minimum absolute atomic E-state index is 0. The predicted molar refractivity (Wildman–Crippen MR) is 131 cm³/mol. The van der Waals surface area contributed by atoms with Crippen molar-refractivity contribution < 1.29 is 37.0 Å². The number of amides is 2. The van der Waals surface area contributed by atoms with Crippen molar-refractivity contribution in [2.24, 2.45) is 0 Å². The van der Waals surface area contributed by atoms with Gasteiger partial charge in [0.2, 0.25) is 0 Å². The Morgan fingerprint density at radius 1 is 1.17 bits per heavy atom. The van der Waals surface area contributed by atoms with Gasteiger partial charge in [-0.2, -0.15) is 0 Å². The number of nitrogens with zero attached hydrogens (tertiary/aromatic N) is 3. The summed E-state index contributed by atoms with van der Waals surface area (Å²) in [5, 5.41) is 16.1. The summed E-state index contributed by atoms with van der Waals surface area (Å²) in [5.74, 6) is -0.855. The van der Waals surface area contributed by atoms with Gasteiger partial charge in [-0.25, -0.2) is 4.90 Å². The lowest BCUT2D eigenvalue weighted by atomic mass is 10.0. The average Bonchev–Trinajstić information content (AvgIpc) is 2.83. The summed E-state index contributed by atoms with van der Waals surface area (Å²) in [5.41, 5.74) is 1.24. The molecule has 0 atom stereocenters. The van der Waals surface area contributed by atoms with Crippen molar-refractivity contribution in [1.29, 1.82) is 0 Å². The van der Waals surface area contributed by atoms with Crippen molar-refractivity contribution >= 4 is 52.3 Å². The molecule has 4 rings (SSSR count). The van der Waals surface area contributed by atoms with Gasteiger partial charge in [0.05, 0.1) is 43.4 Å². The number of nitrogens with two attached hydrogens (primary N) is 1. The first-order chi connectivity index (χ1) is 16.4. The first kappa shape index (κ1) is 26.1. The zero-order valence-corrected chi connectivity index (χ0v) is 20.5. The fourth-order valence-corrected chi connectivity index (χ4v) is 4.28. The maximum Gasteiger partial charge on any atom is 0.270 e. The van der Waals surface area contributed by atoms with Crippen LogP contribution in [0, 0.1) is 10.1 Å². The molecule has 2 heterocycles. The number of hydrogen-bond donors (Lipinski definition) is 2. The van der Waals surface area contributed by atoms with Crippen LogP contribution in [0.5, 0.6) is 5.75 Å². The molecule has 10 nitrogen and oxygen atoms in total. The minimum Gasteiger partial charge on any atom is -1.00 e. The van der Waals surface area contributed by atoms with Crippen molar-refractivity contribution in [2.75, 3.05) is 42.6 Å². The molecule has 2 aliphatic heterocycles. The zero-order chi connectivity index (χ0) is 24.2. The second-order valence-corrected chi connectivity index (χ2v) is 8.10. The Labute approximate surface area is 213 Å². The molecule has 2 saturated heterocycles. The monoisotopic (exact) mass is 517 g/mol. The van der Waals surface area contributed by atoms with Crippen LogP contribution >= 0.6 is 12.2 Å². The fraction of sp³-hybridized carbons (Fsp3) is 0.261. The summed E-state index contributed by atoms with van der Waals surface area (Å²) < 4.78 is 5.64. The van der Waals surface area contributed by atoms with E-state index >= 15 is 0 Å².